The molecule has 6 heteroatoms. The highest BCUT2D eigenvalue weighted by molar-refractivity contribution is 6.04. The zero-order chi connectivity index (χ0) is 20.0. The Morgan fingerprint density at radius 2 is 1.97 bits per heavy atom. The van der Waals surface area contributed by atoms with Gasteiger partial charge in [-0.05, 0) is 50.7 Å². The molecule has 0 radical (unpaired) electrons. The fourth-order valence-electron chi connectivity index (χ4n) is 4.85. The molecule has 3 heterocycles. The second-order valence-electron chi connectivity index (χ2n) is 8.38. The standard InChI is InChI=1S/C23H30N6/c1-4-9-29(5-2)21-11-20-18(13-25-28-20)22-16(15-7-6-8-15)10-19(26-23(21)22)17-12-24-27-14(17)3/h10-13,15,19,26H,4-9H2,1-3H3,(H,24,27)(H,25,28). The predicted octanol–water partition coefficient (Wildman–Crippen LogP) is 5.18. The van der Waals surface area contributed by atoms with Crippen molar-refractivity contribution in [2.75, 3.05) is 23.3 Å². The minimum Gasteiger partial charge on any atom is -0.372 e. The minimum atomic E-state index is 0.139. The van der Waals surface area contributed by atoms with Crippen LogP contribution in [0.5, 0.6) is 0 Å². The molecule has 6 nitrogen and oxygen atoms in total. The highest BCUT2D eigenvalue weighted by Gasteiger charge is 2.33. The maximum atomic E-state index is 4.39. The molecule has 1 unspecified atom stereocenters. The molecule has 5 rings (SSSR count). The van der Waals surface area contributed by atoms with Crippen LogP contribution in [0, 0.1) is 12.8 Å². The first-order valence-electron chi connectivity index (χ1n) is 10.9. The van der Waals surface area contributed by atoms with Crippen LogP contribution in [0.1, 0.15) is 62.4 Å². The molecule has 0 bridgehead atoms. The van der Waals surface area contributed by atoms with E-state index in [1.807, 2.05) is 12.4 Å². The summed E-state index contributed by atoms with van der Waals surface area (Å²) < 4.78 is 0. The number of fused-ring (bicyclic) bond motifs is 3. The molecule has 1 atom stereocenters. The number of aromatic amines is 2. The third-order valence-corrected chi connectivity index (χ3v) is 6.62. The van der Waals surface area contributed by atoms with Crippen LogP contribution in [0.25, 0.3) is 16.5 Å². The van der Waals surface area contributed by atoms with Crippen LogP contribution in [0.3, 0.4) is 0 Å². The zero-order valence-electron chi connectivity index (χ0n) is 17.5. The minimum absolute atomic E-state index is 0.139. The fourth-order valence-corrected chi connectivity index (χ4v) is 4.85. The van der Waals surface area contributed by atoms with Gasteiger partial charge in [-0.3, -0.25) is 10.2 Å². The van der Waals surface area contributed by atoms with Gasteiger partial charge in [0, 0.05) is 35.3 Å². The normalized spacial score (nSPS) is 18.9. The van der Waals surface area contributed by atoms with Gasteiger partial charge in [0.05, 0.1) is 35.3 Å². The van der Waals surface area contributed by atoms with Crippen molar-refractivity contribution >= 4 is 27.9 Å². The molecule has 0 saturated heterocycles. The Hall–Kier alpha value is -2.76. The highest BCUT2D eigenvalue weighted by atomic mass is 15.2. The van der Waals surface area contributed by atoms with Gasteiger partial charge in [-0.25, -0.2) is 0 Å². The first-order valence-corrected chi connectivity index (χ1v) is 10.9. The van der Waals surface area contributed by atoms with Crippen molar-refractivity contribution in [3.8, 4) is 0 Å². The summed E-state index contributed by atoms with van der Waals surface area (Å²) in [5.74, 6) is 0.639. The van der Waals surface area contributed by atoms with Crippen molar-refractivity contribution < 1.29 is 0 Å². The van der Waals surface area contributed by atoms with Crippen molar-refractivity contribution in [2.24, 2.45) is 5.92 Å². The van der Waals surface area contributed by atoms with E-state index in [9.17, 15) is 0 Å². The summed E-state index contributed by atoms with van der Waals surface area (Å²) >= 11 is 0. The van der Waals surface area contributed by atoms with Crippen LogP contribution in [-0.4, -0.2) is 33.5 Å². The molecular weight excluding hydrogens is 360 g/mol. The number of allylic oxidation sites excluding steroid dienone is 1. The van der Waals surface area contributed by atoms with Crippen molar-refractivity contribution in [1.29, 1.82) is 0 Å². The smallest absolute Gasteiger partial charge is 0.0738 e. The summed E-state index contributed by atoms with van der Waals surface area (Å²) in [5, 5.41) is 20.1. The Morgan fingerprint density at radius 1 is 1.14 bits per heavy atom. The van der Waals surface area contributed by atoms with E-state index in [0.717, 1.165) is 30.7 Å². The van der Waals surface area contributed by atoms with E-state index >= 15 is 0 Å². The number of aryl methyl sites for hydroxylation is 1. The fraction of sp³-hybridized carbons (Fsp3) is 0.478. The van der Waals surface area contributed by atoms with Crippen LogP contribution in [0.4, 0.5) is 11.4 Å². The molecule has 1 aliphatic carbocycles. The molecule has 2 aliphatic rings. The number of nitrogens with one attached hydrogen (secondary N) is 3. The maximum absolute atomic E-state index is 4.39. The van der Waals surface area contributed by atoms with Gasteiger partial charge in [-0.15, -0.1) is 0 Å². The molecule has 0 spiro atoms. The largest absolute Gasteiger partial charge is 0.372 e. The number of aromatic nitrogens is 4. The molecule has 1 aliphatic heterocycles. The average molecular weight is 391 g/mol. The Bertz CT molecular complexity index is 1050. The van der Waals surface area contributed by atoms with Gasteiger partial charge in [0.2, 0.25) is 0 Å². The van der Waals surface area contributed by atoms with Crippen molar-refractivity contribution in [1.82, 2.24) is 20.4 Å². The van der Waals surface area contributed by atoms with Gasteiger partial charge in [-0.2, -0.15) is 10.2 Å². The third-order valence-electron chi connectivity index (χ3n) is 6.62. The lowest BCUT2D eigenvalue weighted by molar-refractivity contribution is 0.399. The molecular formula is C23H30N6. The van der Waals surface area contributed by atoms with E-state index in [1.54, 1.807) is 0 Å². The van der Waals surface area contributed by atoms with Crippen molar-refractivity contribution in [3.63, 3.8) is 0 Å². The van der Waals surface area contributed by atoms with Crippen LogP contribution in [0.15, 0.2) is 24.5 Å². The van der Waals surface area contributed by atoms with Crippen LogP contribution < -0.4 is 10.2 Å². The topological polar surface area (TPSA) is 72.6 Å². The second-order valence-corrected chi connectivity index (χ2v) is 8.38. The Balaban J connectivity index is 1.73. The van der Waals surface area contributed by atoms with Gasteiger partial charge in [-0.1, -0.05) is 19.4 Å². The molecule has 0 amide bonds. The van der Waals surface area contributed by atoms with Gasteiger partial charge in [0.15, 0.2) is 0 Å². The van der Waals surface area contributed by atoms with E-state index in [-0.39, 0.29) is 6.04 Å². The SMILES string of the molecule is CCCN(CC)c1cc2[nH]ncc2c2c1NC(c1cn[nH]c1C)C=C2C1CCC1. The molecule has 29 heavy (non-hydrogen) atoms. The molecule has 1 aromatic carbocycles. The van der Waals surface area contributed by atoms with E-state index in [4.69, 9.17) is 0 Å². The maximum Gasteiger partial charge on any atom is 0.0738 e. The summed E-state index contributed by atoms with van der Waals surface area (Å²) in [6, 6.07) is 2.41. The molecule has 2 aromatic heterocycles. The first-order chi connectivity index (χ1) is 14.2. The molecule has 1 fully saturated rings. The lowest BCUT2D eigenvalue weighted by atomic mass is 9.74. The molecule has 3 N–H and O–H groups in total. The molecule has 3 aromatic rings. The lowest BCUT2D eigenvalue weighted by Gasteiger charge is -2.37. The van der Waals surface area contributed by atoms with E-state index < -0.39 is 0 Å². The number of H-pyrrole nitrogens is 2. The second kappa shape index (κ2) is 7.25. The van der Waals surface area contributed by atoms with Crippen LogP contribution in [0.2, 0.25) is 0 Å². The Morgan fingerprint density at radius 3 is 2.62 bits per heavy atom. The van der Waals surface area contributed by atoms with Crippen LogP contribution >= 0.6 is 0 Å². The predicted molar refractivity (Wildman–Crippen MR) is 119 cm³/mol. The van der Waals surface area contributed by atoms with Crippen molar-refractivity contribution in [2.45, 2.75) is 52.5 Å². The van der Waals surface area contributed by atoms with Gasteiger partial charge < -0.3 is 10.2 Å². The molecule has 152 valence electrons. The first kappa shape index (κ1) is 18.3. The highest BCUT2D eigenvalue weighted by Crippen LogP contribution is 2.51. The number of nitrogens with zero attached hydrogens (tertiary/aromatic N) is 3. The number of hydrogen-bond acceptors (Lipinski definition) is 4. The summed E-state index contributed by atoms with van der Waals surface area (Å²) in [6.45, 7) is 8.62. The lowest BCUT2D eigenvalue weighted by Crippen LogP contribution is -2.27. The average Bonchev–Trinajstić information content (AvgIpc) is 3.32. The van der Waals surface area contributed by atoms with E-state index in [0.29, 0.717) is 5.92 Å². The Kier molecular flexibility index (Phi) is 4.57. The van der Waals surface area contributed by atoms with Gasteiger partial charge in [0.25, 0.3) is 0 Å². The summed E-state index contributed by atoms with van der Waals surface area (Å²) in [5.41, 5.74) is 8.84. The van der Waals surface area contributed by atoms with E-state index in [2.05, 4.69) is 63.5 Å². The quantitative estimate of drug-likeness (QED) is 0.542. The monoisotopic (exact) mass is 390 g/mol. The van der Waals surface area contributed by atoms with E-state index in [1.165, 1.54) is 52.7 Å². The summed E-state index contributed by atoms with van der Waals surface area (Å²) in [6.07, 6.45) is 11.4. The van der Waals surface area contributed by atoms with Gasteiger partial charge >= 0.3 is 0 Å². The zero-order valence-corrected chi connectivity index (χ0v) is 17.5. The molecule has 1 saturated carbocycles. The van der Waals surface area contributed by atoms with Crippen LogP contribution in [-0.2, 0) is 0 Å². The van der Waals surface area contributed by atoms with Gasteiger partial charge in [0.1, 0.15) is 0 Å². The summed E-state index contributed by atoms with van der Waals surface area (Å²) in [7, 11) is 0. The number of anilines is 2. The number of benzene rings is 1. The Labute approximate surface area is 171 Å². The van der Waals surface area contributed by atoms with Crippen molar-refractivity contribution in [3.05, 3.63) is 41.4 Å². The summed E-state index contributed by atoms with van der Waals surface area (Å²) in [4.78, 5) is 2.48. The number of hydrogen-bond donors (Lipinski definition) is 3. The third kappa shape index (κ3) is 2.93. The number of rotatable bonds is 6.